The van der Waals surface area contributed by atoms with Crippen molar-refractivity contribution in [1.29, 1.82) is 5.26 Å². The van der Waals surface area contributed by atoms with Crippen LogP contribution in [0.3, 0.4) is 0 Å². The van der Waals surface area contributed by atoms with Gasteiger partial charge in [-0.3, -0.25) is 24.4 Å². The van der Waals surface area contributed by atoms with Crippen LogP contribution in [0.5, 0.6) is 0 Å². The molecule has 2 aliphatic heterocycles. The third kappa shape index (κ3) is 6.26. The number of amides is 2. The molecule has 218 valence electrons. The van der Waals surface area contributed by atoms with Crippen molar-refractivity contribution in [3.8, 4) is 6.19 Å². The molecule has 0 bridgehead atoms. The number of hydrogen-bond acceptors (Lipinski definition) is 7. The Hall–Kier alpha value is -3.55. The maximum atomic E-state index is 14.6. The Morgan fingerprint density at radius 1 is 1.25 bits per heavy atom. The van der Waals surface area contributed by atoms with E-state index in [9.17, 15) is 38.7 Å². The van der Waals surface area contributed by atoms with Crippen molar-refractivity contribution in [3.63, 3.8) is 0 Å². The van der Waals surface area contributed by atoms with E-state index in [1.807, 2.05) is 6.19 Å². The molecule has 3 heterocycles. The summed E-state index contributed by atoms with van der Waals surface area (Å²) in [5.41, 5.74) is -2.12. The quantitative estimate of drug-likeness (QED) is 0.343. The molecule has 0 spiro atoms. The summed E-state index contributed by atoms with van der Waals surface area (Å²) in [6, 6.07) is 1.52. The summed E-state index contributed by atoms with van der Waals surface area (Å²) in [6.45, 7) is -1.02. The van der Waals surface area contributed by atoms with Crippen LogP contribution < -0.4 is 10.2 Å². The smallest absolute Gasteiger partial charge is 0.310 e. The first kappa shape index (κ1) is 29.4. The molecule has 2 fully saturated rings. The molecular formula is C24H25F6N5O4S. The number of carbonyl (C=O) groups excluding carboxylic acids is 2. The lowest BCUT2D eigenvalue weighted by Gasteiger charge is -2.41. The maximum Gasteiger partial charge on any atom is 0.310 e. The number of nitrogens with zero attached hydrogens (tertiary/aromatic N) is 4. The van der Waals surface area contributed by atoms with Crippen LogP contribution >= 0.6 is 10.2 Å². The SMILES string of the molecule is COC1CC(C(=O)N(c2ccc(S(F)(F)(F)(F)F)cc2)C(C(=O)NCC2(F)COC2)c2cccnc2)N(C#N)C1. The Morgan fingerprint density at radius 3 is 2.42 bits per heavy atom. The molecule has 0 saturated carbocycles. The molecule has 3 atom stereocenters. The Kier molecular flexibility index (Phi) is 7.23. The summed E-state index contributed by atoms with van der Waals surface area (Å²) in [5.74, 6) is -1.82. The van der Waals surface area contributed by atoms with Crippen LogP contribution in [0.1, 0.15) is 18.0 Å². The van der Waals surface area contributed by atoms with Crippen molar-refractivity contribution in [1.82, 2.24) is 15.2 Å². The van der Waals surface area contributed by atoms with E-state index < -0.39 is 57.3 Å². The molecule has 9 nitrogen and oxygen atoms in total. The molecule has 2 aromatic rings. The molecule has 1 N–H and O–H groups in total. The van der Waals surface area contributed by atoms with Crippen LogP contribution in [0, 0.1) is 11.5 Å². The summed E-state index contributed by atoms with van der Waals surface area (Å²) < 4.78 is 91.8. The lowest BCUT2D eigenvalue weighted by Crippen LogP contribution is -2.56. The lowest BCUT2D eigenvalue weighted by molar-refractivity contribution is -0.138. The molecule has 3 unspecified atom stereocenters. The third-order valence-electron chi connectivity index (χ3n) is 6.61. The zero-order valence-electron chi connectivity index (χ0n) is 21.0. The number of benzene rings is 1. The number of aromatic nitrogens is 1. The fraction of sp³-hybridized carbons (Fsp3) is 0.417. The Morgan fingerprint density at radius 2 is 1.93 bits per heavy atom. The summed E-state index contributed by atoms with van der Waals surface area (Å²) >= 11 is 0. The van der Waals surface area contributed by atoms with Gasteiger partial charge in [0.25, 0.3) is 5.91 Å². The fourth-order valence-electron chi connectivity index (χ4n) is 4.46. The number of methoxy groups -OCH3 is 1. The predicted octanol–water partition coefficient (Wildman–Crippen LogP) is 4.24. The van der Waals surface area contributed by atoms with E-state index >= 15 is 0 Å². The highest BCUT2D eigenvalue weighted by molar-refractivity contribution is 8.45. The van der Waals surface area contributed by atoms with Crippen molar-refractivity contribution in [2.24, 2.45) is 0 Å². The maximum absolute atomic E-state index is 14.6. The minimum Gasteiger partial charge on any atom is -0.379 e. The van der Waals surface area contributed by atoms with Crippen molar-refractivity contribution in [2.75, 3.05) is 38.3 Å². The first-order valence-corrected chi connectivity index (χ1v) is 13.8. The number of carbonyl (C=O) groups is 2. The molecule has 1 aromatic carbocycles. The van der Waals surface area contributed by atoms with Gasteiger partial charge in [-0.05, 0) is 30.3 Å². The van der Waals surface area contributed by atoms with Crippen LogP contribution in [-0.2, 0) is 19.1 Å². The van der Waals surface area contributed by atoms with Crippen LogP contribution in [0.2, 0.25) is 0 Å². The second-order valence-corrected chi connectivity index (χ2v) is 12.0. The largest absolute Gasteiger partial charge is 0.379 e. The first-order chi connectivity index (χ1) is 18.5. The zero-order chi connectivity index (χ0) is 29.4. The summed E-state index contributed by atoms with van der Waals surface area (Å²) in [4.78, 5) is 31.2. The van der Waals surface area contributed by atoms with Gasteiger partial charge in [0.15, 0.2) is 11.9 Å². The number of hydrogen-bond donors (Lipinski definition) is 1. The van der Waals surface area contributed by atoms with E-state index in [-0.39, 0.29) is 49.6 Å². The van der Waals surface area contributed by atoms with Gasteiger partial charge in [0, 0.05) is 37.2 Å². The van der Waals surface area contributed by atoms with Gasteiger partial charge >= 0.3 is 10.2 Å². The average Bonchev–Trinajstić information content (AvgIpc) is 3.32. The van der Waals surface area contributed by atoms with Gasteiger partial charge in [0.1, 0.15) is 17.0 Å². The lowest BCUT2D eigenvalue weighted by atomic mass is 10.0. The molecule has 4 rings (SSSR count). The number of ether oxygens (including phenoxy) is 2. The number of rotatable bonds is 9. The Bertz CT molecular complexity index is 1310. The van der Waals surface area contributed by atoms with Crippen LogP contribution in [-0.4, -0.2) is 72.9 Å². The monoisotopic (exact) mass is 593 g/mol. The van der Waals surface area contributed by atoms with Gasteiger partial charge in [-0.2, -0.15) is 5.26 Å². The second kappa shape index (κ2) is 9.82. The van der Waals surface area contributed by atoms with Gasteiger partial charge < -0.3 is 14.8 Å². The third-order valence-corrected chi connectivity index (χ3v) is 7.78. The van der Waals surface area contributed by atoms with Crippen LogP contribution in [0.15, 0.2) is 53.7 Å². The number of nitrogens with one attached hydrogen (secondary N) is 1. The number of anilines is 1. The van der Waals surface area contributed by atoms with Gasteiger partial charge in [-0.1, -0.05) is 25.5 Å². The standard InChI is InChI=1S/C24H25F6N5O4S/c1-38-18-9-20(34(11-18)15-31)23(37)35(17-4-6-19(7-5-17)40(26,27,28,29)30)21(16-3-2-8-32-10-16)22(36)33-12-24(25)13-39-14-24/h2-8,10,18,20-21H,9,11-14H2,1H3,(H,33,36). The molecule has 1 aromatic heterocycles. The number of alkyl halides is 1. The van der Waals surface area contributed by atoms with Crippen molar-refractivity contribution < 1.29 is 42.9 Å². The highest BCUT2D eigenvalue weighted by Crippen LogP contribution is 3.02. The highest BCUT2D eigenvalue weighted by atomic mass is 32.5. The molecule has 0 aliphatic carbocycles. The van der Waals surface area contributed by atoms with Gasteiger partial charge in [0.2, 0.25) is 5.91 Å². The summed E-state index contributed by atoms with van der Waals surface area (Å²) in [6.07, 6.45) is 3.89. The topological polar surface area (TPSA) is 108 Å². The van der Waals surface area contributed by atoms with E-state index in [1.165, 1.54) is 31.6 Å². The van der Waals surface area contributed by atoms with E-state index in [0.29, 0.717) is 12.1 Å². The minimum absolute atomic E-state index is 0.00471. The number of pyridine rings is 1. The molecule has 0 radical (unpaired) electrons. The Balaban J connectivity index is 1.81. The van der Waals surface area contributed by atoms with E-state index in [2.05, 4.69) is 10.3 Å². The van der Waals surface area contributed by atoms with Crippen molar-refractivity contribution >= 4 is 27.7 Å². The molecule has 16 heteroatoms. The second-order valence-electron chi connectivity index (χ2n) is 9.58. The normalized spacial score (nSPS) is 22.7. The van der Waals surface area contributed by atoms with Gasteiger partial charge in [-0.15, -0.1) is 0 Å². The molecule has 2 amide bonds. The van der Waals surface area contributed by atoms with Crippen LogP contribution in [0.25, 0.3) is 0 Å². The minimum atomic E-state index is -10.1. The van der Waals surface area contributed by atoms with Gasteiger partial charge in [-0.25, -0.2) is 4.39 Å². The van der Waals surface area contributed by atoms with E-state index in [1.54, 1.807) is 0 Å². The van der Waals surface area contributed by atoms with Crippen LogP contribution in [0.4, 0.5) is 29.5 Å². The molecule has 2 aliphatic rings. The van der Waals surface area contributed by atoms with E-state index in [4.69, 9.17) is 9.47 Å². The zero-order valence-corrected chi connectivity index (χ0v) is 21.8. The predicted molar refractivity (Wildman–Crippen MR) is 131 cm³/mol. The fourth-order valence-corrected chi connectivity index (χ4v) is 5.11. The summed E-state index contributed by atoms with van der Waals surface area (Å²) in [5, 5.41) is 12.0. The molecule has 40 heavy (non-hydrogen) atoms. The van der Waals surface area contributed by atoms with Crippen molar-refractivity contribution in [2.45, 2.75) is 35.2 Å². The van der Waals surface area contributed by atoms with E-state index in [0.717, 1.165) is 9.80 Å². The van der Waals surface area contributed by atoms with Crippen molar-refractivity contribution in [3.05, 3.63) is 54.4 Å². The molecule has 2 saturated heterocycles. The highest BCUT2D eigenvalue weighted by Gasteiger charge is 2.65. The Labute approximate surface area is 225 Å². The number of nitriles is 1. The first-order valence-electron chi connectivity index (χ1n) is 11.9. The summed E-state index contributed by atoms with van der Waals surface area (Å²) in [7, 11) is -8.69. The number of halogens is 6. The number of likely N-dealkylation sites (tertiary alicyclic amines) is 1. The van der Waals surface area contributed by atoms with Gasteiger partial charge in [0.05, 0.1) is 32.4 Å². The average molecular weight is 594 g/mol. The molecular weight excluding hydrogens is 568 g/mol.